The van der Waals surface area contributed by atoms with E-state index in [0.29, 0.717) is 24.2 Å². The number of nitrogens with one attached hydrogen (secondary N) is 1. The van der Waals surface area contributed by atoms with Crippen LogP contribution in [0.3, 0.4) is 0 Å². The minimum Gasteiger partial charge on any atom is -0.318 e. The first kappa shape index (κ1) is 15.0. The second-order valence-electron chi connectivity index (χ2n) is 4.99. The molecule has 1 atom stereocenters. The summed E-state index contributed by atoms with van der Waals surface area (Å²) in [6.07, 6.45) is 1.78. The Morgan fingerprint density at radius 3 is 2.90 bits per heavy atom. The van der Waals surface area contributed by atoms with Crippen LogP contribution in [-0.2, 0) is 15.8 Å². The van der Waals surface area contributed by atoms with E-state index < -0.39 is 10.0 Å². The Labute approximate surface area is 120 Å². The van der Waals surface area contributed by atoms with Gasteiger partial charge in [-0.1, -0.05) is 18.2 Å². The fourth-order valence-electron chi connectivity index (χ4n) is 2.65. The first-order chi connectivity index (χ1) is 9.58. The minimum atomic E-state index is -3.37. The van der Waals surface area contributed by atoms with E-state index in [4.69, 9.17) is 5.26 Å². The van der Waals surface area contributed by atoms with Crippen LogP contribution < -0.4 is 5.32 Å². The molecule has 20 heavy (non-hydrogen) atoms. The number of nitriles is 1. The van der Waals surface area contributed by atoms with E-state index in [9.17, 15) is 8.42 Å². The molecule has 6 heteroatoms. The van der Waals surface area contributed by atoms with Gasteiger partial charge in [-0.05, 0) is 31.5 Å². The lowest BCUT2D eigenvalue weighted by atomic mass is 10.1. The third-order valence-electron chi connectivity index (χ3n) is 3.60. The number of hydrogen-bond donors (Lipinski definition) is 1. The van der Waals surface area contributed by atoms with Gasteiger partial charge in [0.25, 0.3) is 0 Å². The molecule has 1 aromatic carbocycles. The molecule has 108 valence electrons. The highest BCUT2D eigenvalue weighted by Gasteiger charge is 2.33. The van der Waals surface area contributed by atoms with Crippen LogP contribution in [-0.4, -0.2) is 38.9 Å². The van der Waals surface area contributed by atoms with Crippen molar-refractivity contribution in [1.82, 2.24) is 9.62 Å². The number of likely N-dealkylation sites (N-methyl/N-ethyl adjacent to an activating group) is 1. The van der Waals surface area contributed by atoms with E-state index in [1.54, 1.807) is 28.6 Å². The average Bonchev–Trinajstić information content (AvgIpc) is 2.88. The minimum absolute atomic E-state index is 0.0271. The summed E-state index contributed by atoms with van der Waals surface area (Å²) in [6, 6.07) is 8.95. The van der Waals surface area contributed by atoms with Crippen molar-refractivity contribution in [2.24, 2.45) is 0 Å². The van der Waals surface area contributed by atoms with Gasteiger partial charge in [0.1, 0.15) is 0 Å². The van der Waals surface area contributed by atoms with Gasteiger partial charge in [0, 0.05) is 19.1 Å². The standard InChI is InChI=1S/C14H19N3O2S/c1-16-10-14-7-4-8-17(14)20(18,19)11-13-6-3-2-5-12(13)9-15/h2-3,5-6,14,16H,4,7-8,10-11H2,1H3. The van der Waals surface area contributed by atoms with Crippen LogP contribution in [0, 0.1) is 11.3 Å². The normalized spacial score (nSPS) is 19.9. The van der Waals surface area contributed by atoms with E-state index in [1.165, 1.54) is 0 Å². The highest BCUT2D eigenvalue weighted by molar-refractivity contribution is 7.88. The van der Waals surface area contributed by atoms with Gasteiger partial charge in [0.2, 0.25) is 10.0 Å². The molecule has 0 amide bonds. The fourth-order valence-corrected chi connectivity index (χ4v) is 4.50. The lowest BCUT2D eigenvalue weighted by molar-refractivity contribution is 0.378. The van der Waals surface area contributed by atoms with Crippen LogP contribution in [0.15, 0.2) is 24.3 Å². The molecule has 0 aliphatic carbocycles. The average molecular weight is 293 g/mol. The van der Waals surface area contributed by atoms with Crippen molar-refractivity contribution in [1.29, 1.82) is 5.26 Å². The van der Waals surface area contributed by atoms with Crippen molar-refractivity contribution in [3.05, 3.63) is 35.4 Å². The SMILES string of the molecule is CNCC1CCCN1S(=O)(=O)Cc1ccccc1C#N. The molecule has 1 fully saturated rings. The Balaban J connectivity index is 2.21. The zero-order valence-corrected chi connectivity index (χ0v) is 12.4. The topological polar surface area (TPSA) is 73.2 Å². The van der Waals surface area contributed by atoms with Gasteiger partial charge in [-0.2, -0.15) is 9.57 Å². The number of nitrogens with zero attached hydrogens (tertiary/aromatic N) is 2. The van der Waals surface area contributed by atoms with Crippen LogP contribution in [0.1, 0.15) is 24.0 Å². The molecule has 0 radical (unpaired) electrons. The third-order valence-corrected chi connectivity index (χ3v) is 5.47. The maximum absolute atomic E-state index is 12.5. The molecule has 1 aromatic rings. The fraction of sp³-hybridized carbons (Fsp3) is 0.500. The van der Waals surface area contributed by atoms with Gasteiger partial charge in [-0.15, -0.1) is 0 Å². The molecule has 2 rings (SSSR count). The Morgan fingerprint density at radius 1 is 1.45 bits per heavy atom. The smallest absolute Gasteiger partial charge is 0.218 e. The summed E-state index contributed by atoms with van der Waals surface area (Å²) in [7, 11) is -1.55. The Bertz CT molecular complexity index is 607. The molecule has 1 unspecified atom stereocenters. The first-order valence-electron chi connectivity index (χ1n) is 6.70. The van der Waals surface area contributed by atoms with Gasteiger partial charge in [-0.3, -0.25) is 0 Å². The van der Waals surface area contributed by atoms with Crippen LogP contribution in [0.5, 0.6) is 0 Å². The zero-order chi connectivity index (χ0) is 14.6. The van der Waals surface area contributed by atoms with Crippen molar-refractivity contribution in [3.63, 3.8) is 0 Å². The van der Waals surface area contributed by atoms with Crippen molar-refractivity contribution in [2.45, 2.75) is 24.6 Å². The second kappa shape index (κ2) is 6.35. The van der Waals surface area contributed by atoms with Gasteiger partial charge < -0.3 is 5.32 Å². The molecule has 1 heterocycles. The van der Waals surface area contributed by atoms with E-state index in [-0.39, 0.29) is 11.8 Å². The van der Waals surface area contributed by atoms with Crippen molar-refractivity contribution < 1.29 is 8.42 Å². The van der Waals surface area contributed by atoms with Crippen LogP contribution >= 0.6 is 0 Å². The summed E-state index contributed by atoms with van der Waals surface area (Å²) < 4.78 is 26.7. The predicted molar refractivity (Wildman–Crippen MR) is 77.4 cm³/mol. The van der Waals surface area contributed by atoms with E-state index in [0.717, 1.165) is 12.8 Å². The molecule has 1 aliphatic heterocycles. The highest BCUT2D eigenvalue weighted by atomic mass is 32.2. The van der Waals surface area contributed by atoms with Gasteiger partial charge in [0.05, 0.1) is 17.4 Å². The summed E-state index contributed by atoms with van der Waals surface area (Å²) in [5, 5.41) is 12.1. The van der Waals surface area contributed by atoms with Crippen LogP contribution in [0.25, 0.3) is 0 Å². The summed E-state index contributed by atoms with van der Waals surface area (Å²) in [5.41, 5.74) is 1.01. The Kier molecular flexibility index (Phi) is 4.76. The maximum atomic E-state index is 12.5. The molecule has 0 saturated carbocycles. The predicted octanol–water partition coefficient (Wildman–Crippen LogP) is 1.07. The van der Waals surface area contributed by atoms with E-state index in [2.05, 4.69) is 5.32 Å². The Hall–Kier alpha value is -1.42. The lowest BCUT2D eigenvalue weighted by Crippen LogP contribution is -2.41. The monoisotopic (exact) mass is 293 g/mol. The molecule has 1 aliphatic rings. The van der Waals surface area contributed by atoms with E-state index >= 15 is 0 Å². The van der Waals surface area contributed by atoms with Gasteiger partial charge in [-0.25, -0.2) is 8.42 Å². The number of hydrogen-bond acceptors (Lipinski definition) is 4. The summed E-state index contributed by atoms with van der Waals surface area (Å²) in [4.78, 5) is 0. The Morgan fingerprint density at radius 2 is 2.20 bits per heavy atom. The molecule has 1 saturated heterocycles. The zero-order valence-electron chi connectivity index (χ0n) is 11.5. The largest absolute Gasteiger partial charge is 0.318 e. The van der Waals surface area contributed by atoms with Gasteiger partial charge in [0.15, 0.2) is 0 Å². The first-order valence-corrected chi connectivity index (χ1v) is 8.31. The van der Waals surface area contributed by atoms with Gasteiger partial charge >= 0.3 is 0 Å². The highest BCUT2D eigenvalue weighted by Crippen LogP contribution is 2.24. The summed E-state index contributed by atoms with van der Waals surface area (Å²) in [5.74, 6) is -0.100. The quantitative estimate of drug-likeness (QED) is 0.881. The molecule has 5 nitrogen and oxygen atoms in total. The number of benzene rings is 1. The maximum Gasteiger partial charge on any atom is 0.218 e. The number of rotatable bonds is 5. The molecule has 0 bridgehead atoms. The molecule has 1 N–H and O–H groups in total. The van der Waals surface area contributed by atoms with Crippen molar-refractivity contribution >= 4 is 10.0 Å². The molecular weight excluding hydrogens is 274 g/mol. The molecule has 0 spiro atoms. The summed E-state index contributed by atoms with van der Waals surface area (Å²) >= 11 is 0. The number of sulfonamides is 1. The van der Waals surface area contributed by atoms with Crippen LogP contribution in [0.4, 0.5) is 0 Å². The van der Waals surface area contributed by atoms with Crippen molar-refractivity contribution in [2.75, 3.05) is 20.1 Å². The van der Waals surface area contributed by atoms with Crippen LogP contribution in [0.2, 0.25) is 0 Å². The molecular formula is C14H19N3O2S. The molecule has 0 aromatic heterocycles. The lowest BCUT2D eigenvalue weighted by Gasteiger charge is -2.24. The summed E-state index contributed by atoms with van der Waals surface area (Å²) in [6.45, 7) is 1.24. The second-order valence-corrected chi connectivity index (χ2v) is 6.91. The van der Waals surface area contributed by atoms with Crippen molar-refractivity contribution in [3.8, 4) is 6.07 Å². The van der Waals surface area contributed by atoms with E-state index in [1.807, 2.05) is 13.1 Å². The third kappa shape index (κ3) is 3.18.